The number of benzene rings is 2. The molecular weight excluding hydrogens is 531 g/mol. The van der Waals surface area contributed by atoms with Crippen molar-refractivity contribution in [3.05, 3.63) is 82.8 Å². The van der Waals surface area contributed by atoms with Gasteiger partial charge in [-0.2, -0.15) is 0 Å². The Morgan fingerprint density at radius 1 is 1.07 bits per heavy atom. The summed E-state index contributed by atoms with van der Waals surface area (Å²) in [7, 11) is 0. The molecule has 0 unspecified atom stereocenters. The summed E-state index contributed by atoms with van der Waals surface area (Å²) in [5.74, 6) is -1.03. The first-order chi connectivity index (χ1) is 19.9. The van der Waals surface area contributed by atoms with Crippen molar-refractivity contribution in [1.82, 2.24) is 9.88 Å². The van der Waals surface area contributed by atoms with Gasteiger partial charge >= 0.3 is 0 Å². The molecule has 6 nitrogen and oxygen atoms in total. The third kappa shape index (κ3) is 6.37. The van der Waals surface area contributed by atoms with Crippen molar-refractivity contribution in [2.45, 2.75) is 91.4 Å². The van der Waals surface area contributed by atoms with Crippen molar-refractivity contribution in [1.29, 1.82) is 0 Å². The summed E-state index contributed by atoms with van der Waals surface area (Å²) >= 11 is 0. The fraction of sp³-hybridized carbons (Fsp3) is 0.400. The molecule has 2 atom stereocenters. The Balaban J connectivity index is 1.73. The molecule has 0 bridgehead atoms. The van der Waals surface area contributed by atoms with Gasteiger partial charge in [-0.3, -0.25) is 14.6 Å². The maximum absolute atomic E-state index is 14.1. The Labute approximate surface area is 247 Å². The van der Waals surface area contributed by atoms with Gasteiger partial charge in [0, 0.05) is 49.5 Å². The average molecular weight is 571 g/mol. The van der Waals surface area contributed by atoms with Gasteiger partial charge in [-0.05, 0) is 55.5 Å². The third-order valence-corrected chi connectivity index (χ3v) is 7.85. The van der Waals surface area contributed by atoms with Crippen LogP contribution in [0.1, 0.15) is 82.7 Å². The van der Waals surface area contributed by atoms with Crippen molar-refractivity contribution < 1.29 is 23.5 Å². The van der Waals surface area contributed by atoms with Crippen LogP contribution in [0.25, 0.3) is 28.5 Å². The summed E-state index contributed by atoms with van der Waals surface area (Å²) in [6, 6.07) is 14.6. The van der Waals surface area contributed by atoms with Crippen LogP contribution in [0, 0.1) is 5.82 Å². The molecule has 1 aromatic heterocycles. The number of aromatic nitrogens is 1. The van der Waals surface area contributed by atoms with Crippen molar-refractivity contribution in [2.24, 2.45) is 0 Å². The van der Waals surface area contributed by atoms with Crippen LogP contribution in [-0.2, 0) is 32.2 Å². The summed E-state index contributed by atoms with van der Waals surface area (Å²) in [6.07, 6.45) is 4.42. The van der Waals surface area contributed by atoms with Gasteiger partial charge < -0.3 is 14.4 Å². The molecule has 2 aliphatic rings. The number of hydrogen-bond acceptors (Lipinski definition) is 5. The maximum atomic E-state index is 14.1. The SMILES string of the molecule is CC(=O)C[C@H]1C[C@@H](/C=C/c2c(C(C)C)nc3c(c2-c2ccc(F)cc2)CN(C(C)=O)Cc2ccccc2-3)OC(C)(C)O1. The van der Waals surface area contributed by atoms with Gasteiger partial charge in [-0.25, -0.2) is 4.39 Å². The largest absolute Gasteiger partial charge is 0.347 e. The highest BCUT2D eigenvalue weighted by atomic mass is 19.1. The molecule has 0 radical (unpaired) electrons. The first kappa shape index (κ1) is 29.8. The zero-order valence-corrected chi connectivity index (χ0v) is 25.2. The average Bonchev–Trinajstić information content (AvgIpc) is 3.07. The van der Waals surface area contributed by atoms with Crippen LogP contribution >= 0.6 is 0 Å². The quantitative estimate of drug-likeness (QED) is 0.308. The van der Waals surface area contributed by atoms with Gasteiger partial charge in [-0.1, -0.05) is 62.4 Å². The second kappa shape index (κ2) is 11.9. The minimum atomic E-state index is -0.842. The Morgan fingerprint density at radius 2 is 1.79 bits per heavy atom. The minimum absolute atomic E-state index is 0.0258. The van der Waals surface area contributed by atoms with E-state index in [9.17, 15) is 14.0 Å². The monoisotopic (exact) mass is 570 g/mol. The van der Waals surface area contributed by atoms with E-state index in [4.69, 9.17) is 14.5 Å². The highest BCUT2D eigenvalue weighted by Crippen LogP contribution is 2.42. The Bertz CT molecular complexity index is 1530. The summed E-state index contributed by atoms with van der Waals surface area (Å²) in [5, 5.41) is 0. The van der Waals surface area contributed by atoms with Crippen LogP contribution in [0.5, 0.6) is 0 Å². The van der Waals surface area contributed by atoms with E-state index >= 15 is 0 Å². The van der Waals surface area contributed by atoms with Crippen molar-refractivity contribution in [3.63, 3.8) is 0 Å². The number of halogens is 1. The summed E-state index contributed by atoms with van der Waals surface area (Å²) in [6.45, 7) is 12.0. The second-order valence-corrected chi connectivity index (χ2v) is 12.1. The van der Waals surface area contributed by atoms with Crippen LogP contribution in [0.2, 0.25) is 0 Å². The van der Waals surface area contributed by atoms with E-state index in [2.05, 4.69) is 19.9 Å². The van der Waals surface area contributed by atoms with Crippen molar-refractivity contribution >= 4 is 17.8 Å². The Morgan fingerprint density at radius 3 is 2.45 bits per heavy atom. The molecule has 7 heteroatoms. The highest BCUT2D eigenvalue weighted by molar-refractivity contribution is 5.87. The molecule has 0 spiro atoms. The molecule has 1 amide bonds. The third-order valence-electron chi connectivity index (χ3n) is 7.85. The lowest BCUT2D eigenvalue weighted by Gasteiger charge is -2.39. The van der Waals surface area contributed by atoms with E-state index in [1.807, 2.05) is 49.1 Å². The number of rotatable bonds is 6. The Kier molecular flexibility index (Phi) is 8.44. The van der Waals surface area contributed by atoms with Crippen molar-refractivity contribution in [3.8, 4) is 22.4 Å². The lowest BCUT2D eigenvalue weighted by molar-refractivity contribution is -0.289. The van der Waals surface area contributed by atoms with Crippen LogP contribution < -0.4 is 0 Å². The minimum Gasteiger partial charge on any atom is -0.347 e. The molecule has 2 aromatic carbocycles. The number of fused-ring (bicyclic) bond motifs is 3. The van der Waals surface area contributed by atoms with Gasteiger partial charge in [0.05, 0.1) is 23.6 Å². The lowest BCUT2D eigenvalue weighted by atomic mass is 9.87. The number of ether oxygens (including phenoxy) is 2. The maximum Gasteiger partial charge on any atom is 0.220 e. The zero-order valence-electron chi connectivity index (χ0n) is 25.2. The molecule has 42 heavy (non-hydrogen) atoms. The van der Waals surface area contributed by atoms with Crippen molar-refractivity contribution in [2.75, 3.05) is 0 Å². The second-order valence-electron chi connectivity index (χ2n) is 12.1. The normalized spacial score (nSPS) is 19.9. The van der Waals surface area contributed by atoms with Crippen LogP contribution in [0.15, 0.2) is 54.6 Å². The topological polar surface area (TPSA) is 68.7 Å². The molecule has 0 aliphatic carbocycles. The smallest absolute Gasteiger partial charge is 0.220 e. The van der Waals surface area contributed by atoms with Gasteiger partial charge in [0.15, 0.2) is 5.79 Å². The number of Topliss-reactive ketones (excluding diaryl/α,β-unsaturated/α-hetero) is 1. The zero-order chi connectivity index (χ0) is 30.2. The molecule has 3 heterocycles. The standard InChI is InChI=1S/C35H39FN2O4/c1-21(2)33-30(16-15-27-18-28(17-22(3)39)42-35(5,6)41-27)32(24-11-13-26(36)14-12-24)31-20-38(23(4)40)19-25-9-7-8-10-29(25)34(31)37-33/h7-16,21,27-28H,17-20H2,1-6H3/b16-15+/t27-,28+/m1/s1. The van der Waals surface area contributed by atoms with Gasteiger partial charge in [-0.15, -0.1) is 0 Å². The molecule has 0 N–H and O–H groups in total. The molecule has 0 saturated carbocycles. The number of carbonyl (C=O) groups is 2. The molecule has 3 aromatic rings. The number of carbonyl (C=O) groups excluding carboxylic acids is 2. The molecular formula is C35H39FN2O4. The van der Waals surface area contributed by atoms with Crippen LogP contribution in [0.4, 0.5) is 4.39 Å². The van der Waals surface area contributed by atoms with E-state index in [1.54, 1.807) is 26.0 Å². The van der Waals surface area contributed by atoms with E-state index in [0.717, 1.165) is 44.8 Å². The van der Waals surface area contributed by atoms with E-state index in [1.165, 1.54) is 12.1 Å². The fourth-order valence-corrected chi connectivity index (χ4v) is 6.07. The first-order valence-electron chi connectivity index (χ1n) is 14.6. The predicted octanol–water partition coefficient (Wildman–Crippen LogP) is 7.44. The number of ketones is 1. The number of pyridine rings is 1. The molecule has 2 aliphatic heterocycles. The first-order valence-corrected chi connectivity index (χ1v) is 14.6. The number of amides is 1. The van der Waals surface area contributed by atoms with E-state index < -0.39 is 5.79 Å². The molecule has 5 rings (SSSR count). The molecule has 1 fully saturated rings. The Hall–Kier alpha value is -3.68. The number of hydrogen-bond donors (Lipinski definition) is 0. The van der Waals surface area contributed by atoms with Crippen LogP contribution in [0.3, 0.4) is 0 Å². The van der Waals surface area contributed by atoms with E-state index in [0.29, 0.717) is 25.9 Å². The summed E-state index contributed by atoms with van der Waals surface area (Å²) in [4.78, 5) is 31.8. The molecule has 220 valence electrons. The number of nitrogens with zero attached hydrogens (tertiary/aromatic N) is 2. The van der Waals surface area contributed by atoms with Crippen LogP contribution in [-0.4, -0.2) is 39.6 Å². The predicted molar refractivity (Wildman–Crippen MR) is 162 cm³/mol. The summed E-state index contributed by atoms with van der Waals surface area (Å²) in [5.41, 5.74) is 7.40. The highest BCUT2D eigenvalue weighted by Gasteiger charge is 2.35. The van der Waals surface area contributed by atoms with Gasteiger partial charge in [0.2, 0.25) is 5.91 Å². The molecule has 1 saturated heterocycles. The van der Waals surface area contributed by atoms with Gasteiger partial charge in [0.25, 0.3) is 0 Å². The fourth-order valence-electron chi connectivity index (χ4n) is 6.07. The summed E-state index contributed by atoms with van der Waals surface area (Å²) < 4.78 is 26.4. The lowest BCUT2D eigenvalue weighted by Crippen LogP contribution is -2.44. The van der Waals surface area contributed by atoms with Gasteiger partial charge in [0.1, 0.15) is 11.6 Å². The van der Waals surface area contributed by atoms with E-state index in [-0.39, 0.29) is 35.6 Å².